The zero-order valence-electron chi connectivity index (χ0n) is 16.4. The van der Waals surface area contributed by atoms with Crippen molar-refractivity contribution in [2.75, 3.05) is 37.7 Å². The molecule has 150 valence electrons. The molecule has 3 aromatic rings. The van der Waals surface area contributed by atoms with Gasteiger partial charge < -0.3 is 14.5 Å². The first-order valence-corrected chi connectivity index (χ1v) is 9.79. The van der Waals surface area contributed by atoms with Crippen LogP contribution in [0.25, 0.3) is 5.82 Å². The molecule has 0 spiro atoms. The fourth-order valence-electron chi connectivity index (χ4n) is 3.36. The molecular formula is C21H24N6O2. The molecule has 1 fully saturated rings. The van der Waals surface area contributed by atoms with Gasteiger partial charge in [-0.1, -0.05) is 12.1 Å². The fraction of sp³-hybridized carbons (Fsp3) is 0.333. The number of imidazole rings is 1. The summed E-state index contributed by atoms with van der Waals surface area (Å²) in [6, 6.07) is 11.6. The van der Waals surface area contributed by atoms with Gasteiger partial charge in [0.25, 0.3) is 0 Å². The van der Waals surface area contributed by atoms with Crippen molar-refractivity contribution in [3.63, 3.8) is 0 Å². The van der Waals surface area contributed by atoms with E-state index in [1.54, 1.807) is 12.5 Å². The summed E-state index contributed by atoms with van der Waals surface area (Å²) in [7, 11) is 0. The van der Waals surface area contributed by atoms with Crippen LogP contribution < -0.4 is 9.64 Å². The summed E-state index contributed by atoms with van der Waals surface area (Å²) in [6.45, 7) is 5.44. The van der Waals surface area contributed by atoms with Crippen molar-refractivity contribution in [3.05, 3.63) is 60.7 Å². The number of carbonyl (C=O) groups is 1. The molecular weight excluding hydrogens is 368 g/mol. The van der Waals surface area contributed by atoms with Crippen molar-refractivity contribution in [1.29, 1.82) is 0 Å². The lowest BCUT2D eigenvalue weighted by atomic mass is 10.1. The molecule has 0 aliphatic carbocycles. The molecule has 1 aromatic carbocycles. The predicted octanol–water partition coefficient (Wildman–Crippen LogP) is 1.95. The number of hydrogen-bond acceptors (Lipinski definition) is 6. The maximum absolute atomic E-state index is 12.6. The van der Waals surface area contributed by atoms with Crippen LogP contribution in [0, 0.1) is 0 Å². The minimum absolute atomic E-state index is 0.148. The Morgan fingerprint density at radius 3 is 2.34 bits per heavy atom. The van der Waals surface area contributed by atoms with Crippen LogP contribution in [-0.2, 0) is 11.2 Å². The second-order valence-corrected chi connectivity index (χ2v) is 6.84. The molecule has 29 heavy (non-hydrogen) atoms. The number of benzene rings is 1. The summed E-state index contributed by atoms with van der Waals surface area (Å²) in [6.07, 6.45) is 5.64. The molecule has 0 unspecified atom stereocenters. The minimum atomic E-state index is 0.148. The zero-order chi connectivity index (χ0) is 20.1. The van der Waals surface area contributed by atoms with Crippen molar-refractivity contribution in [2.24, 2.45) is 0 Å². The van der Waals surface area contributed by atoms with E-state index in [4.69, 9.17) is 4.74 Å². The van der Waals surface area contributed by atoms with Gasteiger partial charge in [-0.25, -0.2) is 4.98 Å². The summed E-state index contributed by atoms with van der Waals surface area (Å²) in [5, 5.41) is 8.60. The molecule has 8 heteroatoms. The molecule has 0 atom stereocenters. The SMILES string of the molecule is CCOc1ccc(CC(=O)N2CCN(c3ccc(-n4ccnc4)nn3)CC2)cc1. The molecule has 3 heterocycles. The van der Waals surface area contributed by atoms with Crippen molar-refractivity contribution < 1.29 is 9.53 Å². The highest BCUT2D eigenvalue weighted by Crippen LogP contribution is 2.16. The monoisotopic (exact) mass is 392 g/mol. The number of carbonyl (C=O) groups excluding carboxylic acids is 1. The Bertz CT molecular complexity index is 917. The van der Waals surface area contributed by atoms with Gasteiger partial charge in [-0.15, -0.1) is 10.2 Å². The van der Waals surface area contributed by atoms with Crippen molar-refractivity contribution in [3.8, 4) is 11.6 Å². The molecule has 1 amide bonds. The van der Waals surface area contributed by atoms with Crippen molar-refractivity contribution in [2.45, 2.75) is 13.3 Å². The summed E-state index contributed by atoms with van der Waals surface area (Å²) < 4.78 is 7.26. The van der Waals surface area contributed by atoms with Gasteiger partial charge in [-0.05, 0) is 36.8 Å². The molecule has 0 radical (unpaired) electrons. The number of hydrogen-bond donors (Lipinski definition) is 0. The Balaban J connectivity index is 1.30. The molecule has 1 aliphatic heterocycles. The molecule has 0 N–H and O–H groups in total. The van der Waals surface area contributed by atoms with Crippen LogP contribution in [-0.4, -0.2) is 63.3 Å². The van der Waals surface area contributed by atoms with Crippen molar-refractivity contribution in [1.82, 2.24) is 24.6 Å². The molecule has 0 bridgehead atoms. The second-order valence-electron chi connectivity index (χ2n) is 6.84. The molecule has 4 rings (SSSR count). The van der Waals surface area contributed by atoms with E-state index in [0.717, 1.165) is 36.0 Å². The van der Waals surface area contributed by atoms with E-state index >= 15 is 0 Å². The number of amides is 1. The van der Waals surface area contributed by atoms with E-state index in [2.05, 4.69) is 20.1 Å². The average Bonchev–Trinajstić information content (AvgIpc) is 3.31. The van der Waals surface area contributed by atoms with Crippen LogP contribution in [0.3, 0.4) is 0 Å². The quantitative estimate of drug-likeness (QED) is 0.638. The highest BCUT2D eigenvalue weighted by Gasteiger charge is 2.22. The summed E-state index contributed by atoms with van der Waals surface area (Å²) in [5.74, 6) is 2.54. The van der Waals surface area contributed by atoms with Gasteiger partial charge in [0.05, 0.1) is 13.0 Å². The Labute approximate surface area is 169 Å². The standard InChI is InChI=1S/C21H24N6O2/c1-2-29-18-5-3-17(4-6-18)15-21(28)26-13-11-25(12-14-26)19-7-8-20(24-23-19)27-10-9-22-16-27/h3-10,16H,2,11-15H2,1H3. The molecule has 1 aliphatic rings. The van der Waals surface area contributed by atoms with E-state index in [1.807, 2.05) is 59.0 Å². The molecule has 1 saturated heterocycles. The summed E-state index contributed by atoms with van der Waals surface area (Å²) in [4.78, 5) is 20.7. The first kappa shape index (κ1) is 18.9. The number of anilines is 1. The number of ether oxygens (including phenoxy) is 1. The van der Waals surface area contributed by atoms with Crippen LogP contribution in [0.4, 0.5) is 5.82 Å². The van der Waals surface area contributed by atoms with Gasteiger partial charge in [0, 0.05) is 38.6 Å². The average molecular weight is 392 g/mol. The van der Waals surface area contributed by atoms with Crippen LogP contribution in [0.5, 0.6) is 5.75 Å². The largest absolute Gasteiger partial charge is 0.494 e. The van der Waals surface area contributed by atoms with Gasteiger partial charge >= 0.3 is 0 Å². The van der Waals surface area contributed by atoms with E-state index in [1.165, 1.54) is 0 Å². The van der Waals surface area contributed by atoms with Crippen molar-refractivity contribution >= 4 is 11.7 Å². The number of nitrogens with zero attached hydrogens (tertiary/aromatic N) is 6. The number of rotatable bonds is 6. The first-order valence-electron chi connectivity index (χ1n) is 9.79. The second kappa shape index (κ2) is 8.72. The van der Waals surface area contributed by atoms with E-state index < -0.39 is 0 Å². The van der Waals surface area contributed by atoms with Crippen LogP contribution in [0.1, 0.15) is 12.5 Å². The Morgan fingerprint density at radius 1 is 1.00 bits per heavy atom. The third-order valence-electron chi connectivity index (χ3n) is 4.95. The highest BCUT2D eigenvalue weighted by atomic mass is 16.5. The van der Waals surface area contributed by atoms with Gasteiger partial charge in [0.15, 0.2) is 11.6 Å². The minimum Gasteiger partial charge on any atom is -0.494 e. The molecule has 2 aromatic heterocycles. The zero-order valence-corrected chi connectivity index (χ0v) is 16.4. The highest BCUT2D eigenvalue weighted by molar-refractivity contribution is 5.79. The third-order valence-corrected chi connectivity index (χ3v) is 4.95. The van der Waals surface area contributed by atoms with Crippen LogP contribution in [0.15, 0.2) is 55.1 Å². The fourth-order valence-corrected chi connectivity index (χ4v) is 3.36. The molecule has 0 saturated carbocycles. The maximum atomic E-state index is 12.6. The maximum Gasteiger partial charge on any atom is 0.227 e. The smallest absolute Gasteiger partial charge is 0.227 e. The summed E-state index contributed by atoms with van der Waals surface area (Å²) >= 11 is 0. The van der Waals surface area contributed by atoms with E-state index in [9.17, 15) is 4.79 Å². The first-order chi connectivity index (χ1) is 14.2. The van der Waals surface area contributed by atoms with Gasteiger partial charge in [-0.3, -0.25) is 9.36 Å². The van der Waals surface area contributed by atoms with Crippen LogP contribution in [0.2, 0.25) is 0 Å². The Kier molecular flexibility index (Phi) is 5.69. The summed E-state index contributed by atoms with van der Waals surface area (Å²) in [5.41, 5.74) is 1.00. The lowest BCUT2D eigenvalue weighted by molar-refractivity contribution is -0.130. The van der Waals surface area contributed by atoms with Gasteiger partial charge in [0.1, 0.15) is 12.1 Å². The van der Waals surface area contributed by atoms with E-state index in [-0.39, 0.29) is 5.91 Å². The topological polar surface area (TPSA) is 76.4 Å². The lowest BCUT2D eigenvalue weighted by Crippen LogP contribution is -2.49. The predicted molar refractivity (Wildman–Crippen MR) is 109 cm³/mol. The normalized spacial score (nSPS) is 14.1. The Hall–Kier alpha value is -3.42. The lowest BCUT2D eigenvalue weighted by Gasteiger charge is -2.35. The number of aromatic nitrogens is 4. The van der Waals surface area contributed by atoms with Crippen LogP contribution >= 0.6 is 0 Å². The van der Waals surface area contributed by atoms with Gasteiger partial charge in [0.2, 0.25) is 5.91 Å². The van der Waals surface area contributed by atoms with E-state index in [0.29, 0.717) is 26.1 Å². The Morgan fingerprint density at radius 2 is 1.72 bits per heavy atom. The number of piperazine rings is 1. The third kappa shape index (κ3) is 4.53. The molecule has 8 nitrogen and oxygen atoms in total. The van der Waals surface area contributed by atoms with Gasteiger partial charge in [-0.2, -0.15) is 0 Å².